The van der Waals surface area contributed by atoms with Gasteiger partial charge in [-0.25, -0.2) is 0 Å². The van der Waals surface area contributed by atoms with Gasteiger partial charge in [-0.1, -0.05) is 42.5 Å². The molecule has 0 aromatic heterocycles. The second-order valence-electron chi connectivity index (χ2n) is 5.68. The highest BCUT2D eigenvalue weighted by atomic mass is 32.2. The van der Waals surface area contributed by atoms with E-state index in [1.54, 1.807) is 18.9 Å². The Labute approximate surface area is 148 Å². The van der Waals surface area contributed by atoms with Gasteiger partial charge >= 0.3 is 0 Å². The van der Waals surface area contributed by atoms with Gasteiger partial charge in [0, 0.05) is 12.3 Å². The van der Waals surface area contributed by atoms with Crippen LogP contribution in [0.5, 0.6) is 5.75 Å². The Morgan fingerprint density at radius 3 is 2.54 bits per heavy atom. The molecule has 0 aliphatic heterocycles. The minimum Gasteiger partial charge on any atom is -0.496 e. The molecule has 0 bridgehead atoms. The lowest BCUT2D eigenvalue weighted by atomic mass is 10.1. The van der Waals surface area contributed by atoms with E-state index in [1.807, 2.05) is 30.3 Å². The van der Waals surface area contributed by atoms with Crippen LogP contribution in [-0.2, 0) is 17.0 Å². The van der Waals surface area contributed by atoms with E-state index in [0.717, 1.165) is 24.3 Å². The molecule has 3 nitrogen and oxygen atoms in total. The SMILES string of the molecule is COc1ccccc1CCCNC(=O)CSCc1ccccc1C. The predicted molar refractivity (Wildman–Crippen MR) is 102 cm³/mol. The Bertz CT molecular complexity index is 658. The van der Waals surface area contributed by atoms with E-state index in [4.69, 9.17) is 4.74 Å². The maximum absolute atomic E-state index is 11.9. The van der Waals surface area contributed by atoms with Crippen molar-refractivity contribution in [3.63, 3.8) is 0 Å². The molecule has 128 valence electrons. The molecule has 1 amide bonds. The molecule has 24 heavy (non-hydrogen) atoms. The van der Waals surface area contributed by atoms with Crippen molar-refractivity contribution in [3.05, 3.63) is 65.2 Å². The Balaban J connectivity index is 1.62. The molecule has 0 saturated heterocycles. The van der Waals surface area contributed by atoms with Gasteiger partial charge in [0.05, 0.1) is 12.9 Å². The van der Waals surface area contributed by atoms with Crippen LogP contribution in [0.15, 0.2) is 48.5 Å². The molecule has 0 atom stereocenters. The van der Waals surface area contributed by atoms with Gasteiger partial charge in [0.15, 0.2) is 0 Å². The summed E-state index contributed by atoms with van der Waals surface area (Å²) in [5, 5.41) is 2.99. The molecule has 4 heteroatoms. The summed E-state index contributed by atoms with van der Waals surface area (Å²) in [6, 6.07) is 16.3. The Hall–Kier alpha value is -1.94. The predicted octanol–water partition coefficient (Wildman–Crippen LogP) is 3.99. The number of aryl methyl sites for hydroxylation is 2. The van der Waals surface area contributed by atoms with Gasteiger partial charge in [-0.15, -0.1) is 11.8 Å². The number of ether oxygens (including phenoxy) is 1. The summed E-state index contributed by atoms with van der Waals surface area (Å²) < 4.78 is 5.34. The molecule has 0 radical (unpaired) electrons. The van der Waals surface area contributed by atoms with Crippen molar-refractivity contribution < 1.29 is 9.53 Å². The van der Waals surface area contributed by atoms with Crippen molar-refractivity contribution in [2.75, 3.05) is 19.4 Å². The summed E-state index contributed by atoms with van der Waals surface area (Å²) >= 11 is 1.66. The summed E-state index contributed by atoms with van der Waals surface area (Å²) in [6.07, 6.45) is 1.81. The van der Waals surface area contributed by atoms with Crippen LogP contribution in [0.4, 0.5) is 0 Å². The first-order chi connectivity index (χ1) is 11.7. The topological polar surface area (TPSA) is 38.3 Å². The molecule has 1 N–H and O–H groups in total. The lowest BCUT2D eigenvalue weighted by Crippen LogP contribution is -2.26. The average molecular weight is 343 g/mol. The molecule has 0 heterocycles. The highest BCUT2D eigenvalue weighted by Gasteiger charge is 2.04. The lowest BCUT2D eigenvalue weighted by molar-refractivity contribution is -0.118. The number of carbonyl (C=O) groups excluding carboxylic acids is 1. The summed E-state index contributed by atoms with van der Waals surface area (Å²) in [4.78, 5) is 11.9. The van der Waals surface area contributed by atoms with E-state index in [0.29, 0.717) is 12.3 Å². The van der Waals surface area contributed by atoms with E-state index >= 15 is 0 Å². The first-order valence-electron chi connectivity index (χ1n) is 8.21. The van der Waals surface area contributed by atoms with Crippen LogP contribution in [0.2, 0.25) is 0 Å². The van der Waals surface area contributed by atoms with Crippen molar-refractivity contribution in [2.24, 2.45) is 0 Å². The second-order valence-corrected chi connectivity index (χ2v) is 6.67. The maximum Gasteiger partial charge on any atom is 0.230 e. The van der Waals surface area contributed by atoms with Gasteiger partial charge in [-0.3, -0.25) is 4.79 Å². The standard InChI is InChI=1S/C20H25NO2S/c1-16-8-3-4-10-18(16)14-24-15-20(22)21-13-7-11-17-9-5-6-12-19(17)23-2/h3-6,8-10,12H,7,11,13-15H2,1-2H3,(H,21,22). The fraction of sp³-hybridized carbons (Fsp3) is 0.350. The second kappa shape index (κ2) is 10.0. The van der Waals surface area contributed by atoms with E-state index in [1.165, 1.54) is 16.7 Å². The number of benzene rings is 2. The molecule has 2 aromatic rings. The highest BCUT2D eigenvalue weighted by molar-refractivity contribution is 7.99. The highest BCUT2D eigenvalue weighted by Crippen LogP contribution is 2.18. The van der Waals surface area contributed by atoms with E-state index in [9.17, 15) is 4.79 Å². The van der Waals surface area contributed by atoms with Crippen LogP contribution in [0, 0.1) is 6.92 Å². The summed E-state index contributed by atoms with van der Waals surface area (Å²) in [5.74, 6) is 2.40. The number of thioether (sulfide) groups is 1. The molecular formula is C20H25NO2S. The number of methoxy groups -OCH3 is 1. The zero-order valence-electron chi connectivity index (χ0n) is 14.4. The average Bonchev–Trinajstić information content (AvgIpc) is 2.60. The van der Waals surface area contributed by atoms with Gasteiger partial charge < -0.3 is 10.1 Å². The van der Waals surface area contributed by atoms with E-state index in [-0.39, 0.29) is 5.91 Å². The van der Waals surface area contributed by atoms with Crippen molar-refractivity contribution in [2.45, 2.75) is 25.5 Å². The number of hydrogen-bond donors (Lipinski definition) is 1. The summed E-state index contributed by atoms with van der Waals surface area (Å²) in [5.41, 5.74) is 3.76. The van der Waals surface area contributed by atoms with Crippen molar-refractivity contribution >= 4 is 17.7 Å². The third kappa shape index (κ3) is 5.93. The number of amides is 1. The Kier molecular flexibility index (Phi) is 7.69. The number of hydrogen-bond acceptors (Lipinski definition) is 3. The number of nitrogens with one attached hydrogen (secondary N) is 1. The number of para-hydroxylation sites is 1. The van der Waals surface area contributed by atoms with Gasteiger partial charge in [0.1, 0.15) is 5.75 Å². The van der Waals surface area contributed by atoms with Gasteiger partial charge in [-0.2, -0.15) is 0 Å². The van der Waals surface area contributed by atoms with E-state index < -0.39 is 0 Å². The van der Waals surface area contributed by atoms with Crippen LogP contribution in [0.1, 0.15) is 23.1 Å². The monoisotopic (exact) mass is 343 g/mol. The number of rotatable bonds is 9. The van der Waals surface area contributed by atoms with Crippen LogP contribution in [0.3, 0.4) is 0 Å². The van der Waals surface area contributed by atoms with Crippen LogP contribution in [-0.4, -0.2) is 25.3 Å². The zero-order valence-corrected chi connectivity index (χ0v) is 15.2. The third-order valence-electron chi connectivity index (χ3n) is 3.89. The van der Waals surface area contributed by atoms with Crippen molar-refractivity contribution in [3.8, 4) is 5.75 Å². The minimum atomic E-state index is 0.105. The Morgan fingerprint density at radius 2 is 1.79 bits per heavy atom. The van der Waals surface area contributed by atoms with Gasteiger partial charge in [-0.05, 0) is 42.5 Å². The molecule has 0 saturated carbocycles. The van der Waals surface area contributed by atoms with E-state index in [2.05, 4.69) is 30.4 Å². The lowest BCUT2D eigenvalue weighted by Gasteiger charge is -2.09. The maximum atomic E-state index is 11.9. The van der Waals surface area contributed by atoms with Gasteiger partial charge in [0.25, 0.3) is 0 Å². The van der Waals surface area contributed by atoms with Crippen molar-refractivity contribution in [1.82, 2.24) is 5.32 Å². The van der Waals surface area contributed by atoms with Crippen LogP contribution >= 0.6 is 11.8 Å². The van der Waals surface area contributed by atoms with Crippen molar-refractivity contribution in [1.29, 1.82) is 0 Å². The molecule has 0 spiro atoms. The van der Waals surface area contributed by atoms with Crippen LogP contribution in [0.25, 0.3) is 0 Å². The first kappa shape index (κ1) is 18.4. The molecule has 2 rings (SSSR count). The molecule has 2 aromatic carbocycles. The molecule has 0 fully saturated rings. The molecule has 0 unspecified atom stereocenters. The first-order valence-corrected chi connectivity index (χ1v) is 9.37. The van der Waals surface area contributed by atoms with Gasteiger partial charge in [0.2, 0.25) is 5.91 Å². The molecule has 0 aliphatic rings. The smallest absolute Gasteiger partial charge is 0.230 e. The zero-order chi connectivity index (χ0) is 17.2. The normalized spacial score (nSPS) is 10.4. The molecular weight excluding hydrogens is 318 g/mol. The minimum absolute atomic E-state index is 0.105. The number of carbonyl (C=O) groups is 1. The van der Waals surface area contributed by atoms with Crippen LogP contribution < -0.4 is 10.1 Å². The Morgan fingerprint density at radius 1 is 1.08 bits per heavy atom. The quantitative estimate of drug-likeness (QED) is 0.700. The largest absolute Gasteiger partial charge is 0.496 e. The summed E-state index contributed by atoms with van der Waals surface area (Å²) in [7, 11) is 1.69. The fourth-order valence-corrected chi connectivity index (χ4v) is 3.43. The molecule has 0 aliphatic carbocycles. The fourth-order valence-electron chi connectivity index (χ4n) is 2.49. The summed E-state index contributed by atoms with van der Waals surface area (Å²) in [6.45, 7) is 2.80. The third-order valence-corrected chi connectivity index (χ3v) is 4.87.